The Labute approximate surface area is 274 Å². The molecule has 0 aromatic rings. The van der Waals surface area contributed by atoms with E-state index in [4.69, 9.17) is 0 Å². The molecule has 0 aliphatic heterocycles. The van der Waals surface area contributed by atoms with Gasteiger partial charge in [0.05, 0.1) is 0 Å². The molecule has 0 spiro atoms. The minimum Gasteiger partial charge on any atom is -1.00 e. The predicted molar refractivity (Wildman–Crippen MR) is 169 cm³/mol. The summed E-state index contributed by atoms with van der Waals surface area (Å²) in [7, 11) is 0. The third kappa shape index (κ3) is 3.15. The molecule has 0 nitrogen and oxygen atoms in total. The Balaban J connectivity index is 0.00000176. The van der Waals surface area contributed by atoms with Crippen LogP contribution in [0.5, 0.6) is 0 Å². The molecule has 0 heterocycles. The number of hydrogen-bond donors (Lipinski definition) is 0. The van der Waals surface area contributed by atoms with Crippen molar-refractivity contribution in [3.63, 3.8) is 0 Å². The van der Waals surface area contributed by atoms with Gasteiger partial charge in [-0.3, -0.25) is 0 Å². The van der Waals surface area contributed by atoms with Crippen molar-refractivity contribution < 1.29 is 42.2 Å². The van der Waals surface area contributed by atoms with Crippen molar-refractivity contribution in [3.05, 3.63) is 94.5 Å². The molecule has 0 aromatic carbocycles. The van der Waals surface area contributed by atoms with Crippen molar-refractivity contribution in [3.8, 4) is 0 Å². The smallest absolute Gasteiger partial charge is 1.00 e. The zero-order valence-corrected chi connectivity index (χ0v) is 30.1. The standard InChI is InChI=1S/C29H37.C5H8.C5H5.2ClH.Ti/c1-21-14-13-15-22-20-27(6)25(4)18-10-9-16-23(25,2)24(3)17-11-12-19-26(24,5)29(27,8)28(21,22)7;2*1-2-4-5-3-1;;;/h9-20,22H,1-8H3;1-4H2;1-3H,4H2;2*1H;/q;;;;;+2/p-2. The minimum absolute atomic E-state index is 0. The summed E-state index contributed by atoms with van der Waals surface area (Å²) in [5.41, 5.74) is 1.80. The summed E-state index contributed by atoms with van der Waals surface area (Å²) in [6, 6.07) is 0. The zero-order valence-electron chi connectivity index (χ0n) is 27.0. The second-order valence-corrected chi connectivity index (χ2v) is 19.9. The van der Waals surface area contributed by atoms with E-state index in [0.29, 0.717) is 10.1 Å². The first-order valence-corrected chi connectivity index (χ1v) is 18.5. The van der Waals surface area contributed by atoms with E-state index in [9.17, 15) is 0 Å². The Hall–Kier alpha value is -0.916. The number of fused-ring (bicyclic) bond motifs is 8. The van der Waals surface area contributed by atoms with Crippen molar-refractivity contribution in [2.75, 3.05) is 0 Å². The van der Waals surface area contributed by atoms with Crippen LogP contribution in [0.25, 0.3) is 0 Å². The molecule has 0 radical (unpaired) electrons. The molecular formula is C39H50Cl2Ti. The maximum Gasteiger partial charge on any atom is -1.00 e. The first-order valence-electron chi connectivity index (χ1n) is 16.1. The molecule has 7 aliphatic rings. The van der Waals surface area contributed by atoms with Gasteiger partial charge in [-0.25, -0.2) is 0 Å². The first kappa shape index (κ1) is 32.5. The van der Waals surface area contributed by atoms with Gasteiger partial charge in [-0.2, -0.15) is 0 Å². The summed E-state index contributed by atoms with van der Waals surface area (Å²) in [4.78, 5) is 0. The van der Waals surface area contributed by atoms with E-state index in [0.717, 1.165) is 0 Å². The topological polar surface area (TPSA) is 0 Å². The fourth-order valence-corrected chi connectivity index (χ4v) is 20.0. The van der Waals surface area contributed by atoms with Crippen molar-refractivity contribution in [1.82, 2.24) is 0 Å². The molecule has 9 unspecified atom stereocenters. The van der Waals surface area contributed by atoms with E-state index in [-0.39, 0.29) is 62.7 Å². The van der Waals surface area contributed by atoms with Crippen molar-refractivity contribution in [2.45, 2.75) is 91.7 Å². The summed E-state index contributed by atoms with van der Waals surface area (Å²) < 4.78 is 4.57. The van der Waals surface area contributed by atoms with Gasteiger partial charge in [0.2, 0.25) is 0 Å². The Bertz CT molecular complexity index is 1460. The SMILES string of the molecule is CC1=CC=CC2[CH]([Ti+2]([C]3=CC=CC3)=[C]3CCCC3)C3(C)C4(C)C=CC=CC4(C)C4(C)C=CC=CC4(C)C3(C)C12C.[Cl-].[Cl-]. The molecule has 0 bridgehead atoms. The van der Waals surface area contributed by atoms with Crippen LogP contribution in [0.3, 0.4) is 0 Å². The largest absolute Gasteiger partial charge is 1.00 e. The number of hydrogen-bond acceptors (Lipinski definition) is 0. The average Bonchev–Trinajstić information content (AvgIpc) is 3.68. The Morgan fingerprint density at radius 3 is 1.79 bits per heavy atom. The van der Waals surface area contributed by atoms with Crippen LogP contribution < -0.4 is 24.8 Å². The van der Waals surface area contributed by atoms with Gasteiger partial charge in [0.1, 0.15) is 0 Å². The van der Waals surface area contributed by atoms with E-state index in [1.807, 2.05) is 7.69 Å². The number of rotatable bonds is 2. The molecule has 9 atom stereocenters. The Morgan fingerprint density at radius 1 is 0.667 bits per heavy atom. The molecule has 3 fully saturated rings. The Morgan fingerprint density at radius 2 is 1.21 bits per heavy atom. The van der Waals surface area contributed by atoms with Gasteiger partial charge in [0.25, 0.3) is 0 Å². The van der Waals surface area contributed by atoms with Crippen LogP contribution in [0.2, 0.25) is 4.22 Å². The summed E-state index contributed by atoms with van der Waals surface area (Å²) in [6.07, 6.45) is 42.1. The molecule has 3 saturated carbocycles. The van der Waals surface area contributed by atoms with Crippen LogP contribution in [0.4, 0.5) is 0 Å². The summed E-state index contributed by atoms with van der Waals surface area (Å²) in [5.74, 6) is 0.566. The number of halogens is 2. The van der Waals surface area contributed by atoms with Crippen LogP contribution in [-0.2, 0) is 17.4 Å². The van der Waals surface area contributed by atoms with Gasteiger partial charge in [0.15, 0.2) is 0 Å². The molecular weight excluding hydrogens is 587 g/mol. The van der Waals surface area contributed by atoms with Crippen LogP contribution in [0.1, 0.15) is 87.5 Å². The summed E-state index contributed by atoms with van der Waals surface area (Å²) >= 11 is -1.87. The molecule has 7 rings (SSSR count). The van der Waals surface area contributed by atoms with E-state index in [2.05, 4.69) is 140 Å². The van der Waals surface area contributed by atoms with Crippen molar-refractivity contribution in [2.24, 2.45) is 43.8 Å². The second-order valence-electron chi connectivity index (χ2n) is 15.6. The van der Waals surface area contributed by atoms with E-state index < -0.39 is 17.4 Å². The first-order chi connectivity index (χ1) is 18.9. The number of allylic oxidation sites excluding steroid dienone is 16. The maximum absolute atomic E-state index is 2.83. The normalized spacial score (nSPS) is 48.7. The van der Waals surface area contributed by atoms with Crippen LogP contribution >= 0.6 is 0 Å². The molecule has 224 valence electrons. The van der Waals surface area contributed by atoms with Crippen molar-refractivity contribution >= 4 is 3.81 Å². The summed E-state index contributed by atoms with van der Waals surface area (Å²) in [5, 5.41) is 0. The third-order valence-electron chi connectivity index (χ3n) is 15.5. The van der Waals surface area contributed by atoms with Gasteiger partial charge in [-0.15, -0.1) is 0 Å². The molecule has 3 heteroatoms. The van der Waals surface area contributed by atoms with Crippen LogP contribution in [-0.4, -0.2) is 3.81 Å². The molecule has 0 amide bonds. The quantitative estimate of drug-likeness (QED) is 0.393. The van der Waals surface area contributed by atoms with Gasteiger partial charge in [-0.05, 0) is 0 Å². The molecule has 0 aromatic heterocycles. The average molecular weight is 638 g/mol. The summed E-state index contributed by atoms with van der Waals surface area (Å²) in [6.45, 7) is 21.5. The van der Waals surface area contributed by atoms with E-state index >= 15 is 0 Å². The molecule has 0 saturated heterocycles. The van der Waals surface area contributed by atoms with Gasteiger partial charge in [-0.1, -0.05) is 0 Å². The zero-order chi connectivity index (χ0) is 28.4. The van der Waals surface area contributed by atoms with Crippen molar-refractivity contribution in [1.29, 1.82) is 0 Å². The van der Waals surface area contributed by atoms with Gasteiger partial charge < -0.3 is 24.8 Å². The minimum atomic E-state index is -1.87. The van der Waals surface area contributed by atoms with E-state index in [1.165, 1.54) is 32.1 Å². The van der Waals surface area contributed by atoms with Gasteiger partial charge in [0, 0.05) is 0 Å². The monoisotopic (exact) mass is 636 g/mol. The van der Waals surface area contributed by atoms with Crippen LogP contribution in [0, 0.1) is 43.8 Å². The van der Waals surface area contributed by atoms with Crippen LogP contribution in [0.15, 0.2) is 94.5 Å². The predicted octanol–water partition coefficient (Wildman–Crippen LogP) is 4.45. The van der Waals surface area contributed by atoms with Gasteiger partial charge >= 0.3 is 251 Å². The van der Waals surface area contributed by atoms with E-state index in [1.54, 1.807) is 5.57 Å². The molecule has 42 heavy (non-hydrogen) atoms. The maximum atomic E-state index is 2.83. The third-order valence-corrected chi connectivity index (χ3v) is 21.6. The fraction of sp³-hybridized carbons (Fsp3) is 0.564. The fourth-order valence-electron chi connectivity index (χ4n) is 12.6. The molecule has 0 N–H and O–H groups in total. The molecule has 7 aliphatic carbocycles. The second kappa shape index (κ2) is 10.0. The Kier molecular flexibility index (Phi) is 7.77.